The Morgan fingerprint density at radius 1 is 1.34 bits per heavy atom. The molecule has 0 bridgehead atoms. The van der Waals surface area contributed by atoms with Crippen molar-refractivity contribution in [2.75, 3.05) is 26.7 Å². The van der Waals surface area contributed by atoms with Crippen LogP contribution < -0.4 is 10.1 Å². The van der Waals surface area contributed by atoms with Gasteiger partial charge in [0.05, 0.1) is 18.7 Å². The lowest BCUT2D eigenvalue weighted by Gasteiger charge is -2.34. The molecule has 2 unspecified atom stereocenters. The van der Waals surface area contributed by atoms with E-state index in [1.54, 1.807) is 7.11 Å². The Kier molecular flexibility index (Phi) is 6.98. The number of piperidine rings is 1. The number of likely N-dealkylation sites (tertiary alicyclic amines) is 1. The zero-order valence-corrected chi connectivity index (χ0v) is 19.7. The molecule has 3 heterocycles. The molecule has 2 amide bonds. The summed E-state index contributed by atoms with van der Waals surface area (Å²) in [4.78, 5) is 36.5. The third-order valence-corrected chi connectivity index (χ3v) is 7.05. The van der Waals surface area contributed by atoms with Crippen molar-refractivity contribution in [3.8, 4) is 5.75 Å². The summed E-state index contributed by atoms with van der Waals surface area (Å²) in [5.41, 5.74) is 2.63. The lowest BCUT2D eigenvalue weighted by molar-refractivity contribution is -0.126. The maximum Gasteiger partial charge on any atom is 0.268 e. The summed E-state index contributed by atoms with van der Waals surface area (Å²) in [5, 5.41) is 4.64. The van der Waals surface area contributed by atoms with E-state index in [4.69, 9.17) is 9.73 Å². The molecule has 1 saturated heterocycles. The Morgan fingerprint density at radius 3 is 2.97 bits per heavy atom. The molecule has 0 saturated carbocycles. The first kappa shape index (κ1) is 22.6. The maximum absolute atomic E-state index is 12.8. The van der Waals surface area contributed by atoms with E-state index in [2.05, 4.69) is 24.2 Å². The van der Waals surface area contributed by atoms with Crippen LogP contribution in [0, 0.1) is 11.8 Å². The monoisotopic (exact) mass is 454 g/mol. The maximum atomic E-state index is 12.8. The number of fused-ring (bicyclic) bond motifs is 1. The van der Waals surface area contributed by atoms with Crippen molar-refractivity contribution in [3.05, 3.63) is 35.2 Å². The summed E-state index contributed by atoms with van der Waals surface area (Å²) in [6, 6.07) is 7.77. The van der Waals surface area contributed by atoms with Crippen molar-refractivity contribution in [2.24, 2.45) is 21.8 Å². The van der Waals surface area contributed by atoms with Gasteiger partial charge in [-0.2, -0.15) is 4.99 Å². The van der Waals surface area contributed by atoms with Gasteiger partial charge in [0.15, 0.2) is 0 Å². The molecule has 1 fully saturated rings. The molecule has 3 aliphatic heterocycles. The Morgan fingerprint density at radius 2 is 2.19 bits per heavy atom. The van der Waals surface area contributed by atoms with Crippen LogP contribution in [0.25, 0.3) is 5.57 Å². The van der Waals surface area contributed by atoms with Crippen LogP contribution in [0.4, 0.5) is 0 Å². The fraction of sp³-hybridized carbons (Fsp3) is 0.500. The zero-order valence-electron chi connectivity index (χ0n) is 18.8. The van der Waals surface area contributed by atoms with E-state index >= 15 is 0 Å². The smallest absolute Gasteiger partial charge is 0.268 e. The molecule has 4 rings (SSSR count). The first-order valence-corrected chi connectivity index (χ1v) is 12.1. The fourth-order valence-corrected chi connectivity index (χ4v) is 5.14. The highest BCUT2D eigenvalue weighted by molar-refractivity contribution is 8.05. The predicted molar refractivity (Wildman–Crippen MR) is 129 cm³/mol. The topological polar surface area (TPSA) is 83.4 Å². The Balaban J connectivity index is 1.49. The number of ether oxygens (including phenoxy) is 1. The zero-order chi connectivity index (χ0) is 22.7. The van der Waals surface area contributed by atoms with Gasteiger partial charge in [-0.1, -0.05) is 26.0 Å². The minimum absolute atomic E-state index is 0.0806. The number of thioether (sulfide) groups is 1. The number of rotatable bonds is 6. The number of methoxy groups -OCH3 is 1. The van der Waals surface area contributed by atoms with E-state index in [9.17, 15) is 9.59 Å². The van der Waals surface area contributed by atoms with E-state index < -0.39 is 5.25 Å². The number of carbonyl (C=O) groups excluding carboxylic acids is 2. The molecule has 8 heteroatoms. The average molecular weight is 455 g/mol. The predicted octanol–water partition coefficient (Wildman–Crippen LogP) is 3.36. The van der Waals surface area contributed by atoms with Crippen LogP contribution >= 0.6 is 11.8 Å². The molecule has 1 aromatic carbocycles. The number of hydrogen-bond acceptors (Lipinski definition) is 6. The molecular weight excluding hydrogens is 424 g/mol. The van der Waals surface area contributed by atoms with Gasteiger partial charge in [0, 0.05) is 25.2 Å². The molecule has 170 valence electrons. The van der Waals surface area contributed by atoms with Crippen molar-refractivity contribution in [3.63, 3.8) is 0 Å². The lowest BCUT2D eigenvalue weighted by Crippen LogP contribution is -2.47. The molecule has 2 atom stereocenters. The third-order valence-electron chi connectivity index (χ3n) is 5.98. The second-order valence-corrected chi connectivity index (χ2v) is 9.76. The molecule has 0 radical (unpaired) electrons. The van der Waals surface area contributed by atoms with Gasteiger partial charge in [-0.15, -0.1) is 11.8 Å². The number of nitrogens with one attached hydrogen (secondary N) is 1. The van der Waals surface area contributed by atoms with Crippen LogP contribution in [0.3, 0.4) is 0 Å². The Labute approximate surface area is 193 Å². The number of carbonyl (C=O) groups is 2. The highest BCUT2D eigenvalue weighted by Crippen LogP contribution is 2.37. The summed E-state index contributed by atoms with van der Waals surface area (Å²) < 4.78 is 5.35. The first-order chi connectivity index (χ1) is 15.5. The van der Waals surface area contributed by atoms with E-state index in [0.717, 1.165) is 48.4 Å². The fourth-order valence-electron chi connectivity index (χ4n) is 4.14. The lowest BCUT2D eigenvalue weighted by atomic mass is 9.96. The molecule has 1 aromatic rings. The number of aliphatic imine (C=N–C) groups is 2. The van der Waals surface area contributed by atoms with Crippen LogP contribution in [-0.4, -0.2) is 60.4 Å². The van der Waals surface area contributed by atoms with Gasteiger partial charge in [0.2, 0.25) is 11.9 Å². The summed E-state index contributed by atoms with van der Waals surface area (Å²) in [5.74, 6) is 1.52. The quantitative estimate of drug-likeness (QED) is 0.713. The SMILES string of the molecule is COc1cccc(C2=CSC3C(=O)N=C(N4CCCC(C(=O)NCCC(C)C)C4)N=C23)c1. The van der Waals surface area contributed by atoms with Crippen LogP contribution in [0.2, 0.25) is 0 Å². The number of guanidine groups is 1. The van der Waals surface area contributed by atoms with Crippen LogP contribution in [-0.2, 0) is 9.59 Å². The van der Waals surface area contributed by atoms with Gasteiger partial charge in [-0.05, 0) is 48.3 Å². The highest BCUT2D eigenvalue weighted by Gasteiger charge is 2.38. The summed E-state index contributed by atoms with van der Waals surface area (Å²) in [6.07, 6.45) is 2.68. The van der Waals surface area contributed by atoms with Gasteiger partial charge < -0.3 is 15.0 Å². The molecule has 0 aliphatic carbocycles. The minimum atomic E-state index is -0.403. The molecule has 0 spiro atoms. The third kappa shape index (κ3) is 4.90. The Hall–Kier alpha value is -2.61. The van der Waals surface area contributed by atoms with Crippen molar-refractivity contribution in [1.29, 1.82) is 0 Å². The van der Waals surface area contributed by atoms with Gasteiger partial charge in [0.25, 0.3) is 5.91 Å². The molecular formula is C24H30N4O3S. The highest BCUT2D eigenvalue weighted by atomic mass is 32.2. The van der Waals surface area contributed by atoms with E-state index in [1.165, 1.54) is 11.8 Å². The van der Waals surface area contributed by atoms with Crippen molar-refractivity contribution < 1.29 is 14.3 Å². The van der Waals surface area contributed by atoms with Gasteiger partial charge in [-0.3, -0.25) is 9.59 Å². The molecule has 7 nitrogen and oxygen atoms in total. The molecule has 0 aromatic heterocycles. The van der Waals surface area contributed by atoms with Crippen LogP contribution in [0.1, 0.15) is 38.7 Å². The number of benzene rings is 1. The second kappa shape index (κ2) is 9.90. The summed E-state index contributed by atoms with van der Waals surface area (Å²) in [7, 11) is 1.64. The largest absolute Gasteiger partial charge is 0.497 e. The van der Waals surface area contributed by atoms with Crippen molar-refractivity contribution in [1.82, 2.24) is 10.2 Å². The molecule has 32 heavy (non-hydrogen) atoms. The number of amides is 2. The summed E-state index contributed by atoms with van der Waals surface area (Å²) in [6.45, 7) is 6.27. The van der Waals surface area contributed by atoms with Crippen LogP contribution in [0.5, 0.6) is 5.75 Å². The van der Waals surface area contributed by atoms with Crippen LogP contribution in [0.15, 0.2) is 39.7 Å². The number of allylic oxidation sites excluding steroid dienone is 1. The average Bonchev–Trinajstić information content (AvgIpc) is 3.23. The number of nitrogens with zero attached hydrogens (tertiary/aromatic N) is 3. The van der Waals surface area contributed by atoms with Gasteiger partial charge in [0.1, 0.15) is 11.0 Å². The van der Waals surface area contributed by atoms with E-state index in [0.29, 0.717) is 25.0 Å². The van der Waals surface area contributed by atoms with E-state index in [1.807, 2.05) is 34.6 Å². The number of hydrogen-bond donors (Lipinski definition) is 1. The first-order valence-electron chi connectivity index (χ1n) is 11.2. The van der Waals surface area contributed by atoms with Gasteiger partial charge >= 0.3 is 0 Å². The standard InChI is InChI=1S/C24H30N4O3S/c1-15(2)9-10-25-22(29)17-7-5-11-28(13-17)24-26-20-19(14-32-21(20)23(30)27-24)16-6-4-8-18(12-16)31-3/h4,6,8,12,14-15,17,21H,5,7,9-11,13H2,1-3H3,(H,25,29). The second-order valence-electron chi connectivity index (χ2n) is 8.79. The summed E-state index contributed by atoms with van der Waals surface area (Å²) >= 11 is 1.44. The normalized spacial score (nSPS) is 22.8. The minimum Gasteiger partial charge on any atom is -0.497 e. The Bertz CT molecular complexity index is 985. The molecule has 3 aliphatic rings. The van der Waals surface area contributed by atoms with E-state index in [-0.39, 0.29) is 17.7 Å². The van der Waals surface area contributed by atoms with Crippen molar-refractivity contribution >= 4 is 40.8 Å². The molecule has 1 N–H and O–H groups in total. The van der Waals surface area contributed by atoms with Gasteiger partial charge in [-0.25, -0.2) is 4.99 Å². The van der Waals surface area contributed by atoms with Crippen molar-refractivity contribution in [2.45, 2.75) is 38.4 Å².